The predicted molar refractivity (Wildman–Crippen MR) is 80.1 cm³/mol. The number of fused-ring (bicyclic) bond motifs is 3. The van der Waals surface area contributed by atoms with Crippen molar-refractivity contribution in [2.75, 3.05) is 0 Å². The Morgan fingerprint density at radius 2 is 1.91 bits per heavy atom. The van der Waals surface area contributed by atoms with Crippen molar-refractivity contribution >= 4 is 11.9 Å². The summed E-state index contributed by atoms with van der Waals surface area (Å²) in [6.07, 6.45) is 7.41. The molecule has 2 bridgehead atoms. The van der Waals surface area contributed by atoms with Gasteiger partial charge in [0.2, 0.25) is 0 Å². The van der Waals surface area contributed by atoms with E-state index >= 15 is 0 Å². The molecule has 1 N–H and O–H groups in total. The molecule has 4 aliphatic rings. The summed E-state index contributed by atoms with van der Waals surface area (Å²) in [5.41, 5.74) is -0.894. The molecule has 1 spiro atoms. The van der Waals surface area contributed by atoms with E-state index < -0.39 is 11.4 Å². The van der Waals surface area contributed by atoms with Crippen molar-refractivity contribution < 1.29 is 19.4 Å². The lowest BCUT2D eigenvalue weighted by Gasteiger charge is -2.61. The number of hydrogen-bond acceptors (Lipinski definition) is 3. The second-order valence-corrected chi connectivity index (χ2v) is 8.69. The van der Waals surface area contributed by atoms with Gasteiger partial charge < -0.3 is 9.84 Å². The van der Waals surface area contributed by atoms with E-state index in [0.717, 1.165) is 51.4 Å². The van der Waals surface area contributed by atoms with Crippen LogP contribution >= 0.6 is 0 Å². The Kier molecular flexibility index (Phi) is 2.82. The highest BCUT2D eigenvalue weighted by atomic mass is 16.6. The molecule has 0 aromatic heterocycles. The van der Waals surface area contributed by atoms with E-state index in [1.165, 1.54) is 0 Å². The summed E-state index contributed by atoms with van der Waals surface area (Å²) < 4.78 is 5.93. The molecular weight excluding hydrogens is 280 g/mol. The van der Waals surface area contributed by atoms with Gasteiger partial charge in [0.05, 0.1) is 11.3 Å². The van der Waals surface area contributed by atoms with Crippen LogP contribution in [-0.2, 0) is 14.3 Å². The quantitative estimate of drug-likeness (QED) is 0.754. The van der Waals surface area contributed by atoms with Crippen LogP contribution in [0.25, 0.3) is 0 Å². The second-order valence-electron chi connectivity index (χ2n) is 8.69. The Morgan fingerprint density at radius 3 is 2.64 bits per heavy atom. The van der Waals surface area contributed by atoms with Crippen molar-refractivity contribution in [3.8, 4) is 0 Å². The van der Waals surface area contributed by atoms with Gasteiger partial charge in [0.25, 0.3) is 0 Å². The van der Waals surface area contributed by atoms with Crippen LogP contribution < -0.4 is 0 Å². The van der Waals surface area contributed by atoms with E-state index in [9.17, 15) is 14.7 Å². The minimum Gasteiger partial charge on any atom is -0.481 e. The standard InChI is InChI=1S/C18H26O4/c1-16-7-3-8-17(2,15(20)21)12(16)6-9-18-10-11(14(19)22-18)4-5-13(16)18/h11-13H,3-10H2,1-2H3,(H,20,21)/t11-,12+,13+,16+,17+,18+/m0/s1. The molecule has 0 amide bonds. The molecule has 3 saturated carbocycles. The van der Waals surface area contributed by atoms with Gasteiger partial charge in [0.1, 0.15) is 5.60 Å². The van der Waals surface area contributed by atoms with Gasteiger partial charge >= 0.3 is 11.9 Å². The molecule has 1 saturated heterocycles. The molecule has 0 aromatic rings. The fraction of sp³-hybridized carbons (Fsp3) is 0.889. The normalized spacial score (nSPS) is 53.4. The maximum Gasteiger partial charge on any atom is 0.309 e. The smallest absolute Gasteiger partial charge is 0.309 e. The van der Waals surface area contributed by atoms with Gasteiger partial charge in [0.15, 0.2) is 0 Å². The van der Waals surface area contributed by atoms with E-state index in [1.54, 1.807) is 0 Å². The third-order valence-electron chi connectivity index (χ3n) is 7.79. The number of carboxylic acid groups (broad SMARTS) is 1. The summed E-state index contributed by atoms with van der Waals surface area (Å²) in [7, 11) is 0. The summed E-state index contributed by atoms with van der Waals surface area (Å²) in [6, 6.07) is 0. The molecule has 3 aliphatic carbocycles. The Balaban J connectivity index is 1.75. The molecule has 4 rings (SSSR count). The van der Waals surface area contributed by atoms with Gasteiger partial charge in [-0.25, -0.2) is 0 Å². The first-order valence-electron chi connectivity index (χ1n) is 8.78. The summed E-state index contributed by atoms with van der Waals surface area (Å²) >= 11 is 0. The minimum absolute atomic E-state index is 0.000764. The lowest BCUT2D eigenvalue weighted by molar-refractivity contribution is -0.201. The van der Waals surface area contributed by atoms with Crippen LogP contribution in [0.1, 0.15) is 65.2 Å². The zero-order valence-corrected chi connectivity index (χ0v) is 13.6. The summed E-state index contributed by atoms with van der Waals surface area (Å²) in [4.78, 5) is 24.0. The van der Waals surface area contributed by atoms with Crippen LogP contribution in [0.5, 0.6) is 0 Å². The van der Waals surface area contributed by atoms with Gasteiger partial charge in [-0.15, -0.1) is 0 Å². The van der Waals surface area contributed by atoms with Crippen molar-refractivity contribution in [2.24, 2.45) is 28.6 Å². The Labute approximate surface area is 131 Å². The van der Waals surface area contributed by atoms with E-state index in [2.05, 4.69) is 6.92 Å². The highest BCUT2D eigenvalue weighted by molar-refractivity contribution is 5.76. The molecule has 6 atom stereocenters. The molecule has 4 nitrogen and oxygen atoms in total. The lowest BCUT2D eigenvalue weighted by Crippen LogP contribution is -2.61. The summed E-state index contributed by atoms with van der Waals surface area (Å²) in [5.74, 6) is 0.0156. The van der Waals surface area contributed by atoms with Crippen LogP contribution in [0, 0.1) is 28.6 Å². The molecule has 4 heteroatoms. The van der Waals surface area contributed by atoms with Crippen LogP contribution in [0.4, 0.5) is 0 Å². The predicted octanol–water partition coefficient (Wildman–Crippen LogP) is 3.39. The number of carbonyl (C=O) groups is 2. The van der Waals surface area contributed by atoms with Gasteiger partial charge in [-0.1, -0.05) is 13.3 Å². The van der Waals surface area contributed by atoms with Crippen LogP contribution in [-0.4, -0.2) is 22.6 Å². The fourth-order valence-corrected chi connectivity index (χ4v) is 6.77. The highest BCUT2D eigenvalue weighted by Crippen LogP contribution is 2.67. The topological polar surface area (TPSA) is 63.6 Å². The number of hydrogen-bond donors (Lipinski definition) is 1. The fourth-order valence-electron chi connectivity index (χ4n) is 6.77. The molecule has 1 aliphatic heterocycles. The zero-order valence-electron chi connectivity index (χ0n) is 13.6. The molecule has 0 unspecified atom stereocenters. The number of aliphatic carboxylic acids is 1. The number of carbonyl (C=O) groups excluding carboxylic acids is 1. The molecule has 4 fully saturated rings. The SMILES string of the molecule is C[C@@]12CCC[C@@](C)(C(=O)O)[C@@H]1CC[C@@]13C[C@H](CC[C@@H]12)C(=O)O3. The molecule has 1 heterocycles. The maximum absolute atomic E-state index is 12.1. The van der Waals surface area contributed by atoms with E-state index in [4.69, 9.17) is 4.74 Å². The Bertz CT molecular complexity index is 543. The Morgan fingerprint density at radius 1 is 1.14 bits per heavy atom. The number of ether oxygens (including phenoxy) is 1. The van der Waals surface area contributed by atoms with Crippen LogP contribution in [0.2, 0.25) is 0 Å². The van der Waals surface area contributed by atoms with Crippen molar-refractivity contribution in [3.63, 3.8) is 0 Å². The zero-order chi connectivity index (χ0) is 15.8. The summed E-state index contributed by atoms with van der Waals surface area (Å²) in [6.45, 7) is 4.23. The number of carboxylic acids is 1. The monoisotopic (exact) mass is 306 g/mol. The van der Waals surface area contributed by atoms with Gasteiger partial charge in [-0.3, -0.25) is 9.59 Å². The van der Waals surface area contributed by atoms with Gasteiger partial charge in [0, 0.05) is 12.3 Å². The molecule has 122 valence electrons. The Hall–Kier alpha value is -1.06. The highest BCUT2D eigenvalue weighted by Gasteiger charge is 2.67. The molecule has 22 heavy (non-hydrogen) atoms. The third kappa shape index (κ3) is 1.59. The summed E-state index contributed by atoms with van der Waals surface area (Å²) in [5, 5.41) is 9.83. The second kappa shape index (κ2) is 4.27. The number of rotatable bonds is 1. The van der Waals surface area contributed by atoms with Crippen molar-refractivity contribution in [1.29, 1.82) is 0 Å². The molecular formula is C18H26O4. The molecule has 0 radical (unpaired) electrons. The average molecular weight is 306 g/mol. The average Bonchev–Trinajstić information content (AvgIpc) is 2.68. The lowest BCUT2D eigenvalue weighted by atomic mass is 9.43. The molecule has 0 aromatic carbocycles. The first-order chi connectivity index (χ1) is 10.3. The van der Waals surface area contributed by atoms with E-state index in [1.807, 2.05) is 6.92 Å². The minimum atomic E-state index is -0.642. The van der Waals surface area contributed by atoms with Crippen molar-refractivity contribution in [3.05, 3.63) is 0 Å². The third-order valence-corrected chi connectivity index (χ3v) is 7.79. The first kappa shape index (κ1) is 14.5. The van der Waals surface area contributed by atoms with Crippen LogP contribution in [0.15, 0.2) is 0 Å². The van der Waals surface area contributed by atoms with Crippen LogP contribution in [0.3, 0.4) is 0 Å². The largest absolute Gasteiger partial charge is 0.481 e. The number of esters is 1. The van der Waals surface area contributed by atoms with Gasteiger partial charge in [-0.2, -0.15) is 0 Å². The van der Waals surface area contributed by atoms with E-state index in [-0.39, 0.29) is 28.8 Å². The van der Waals surface area contributed by atoms with Crippen molar-refractivity contribution in [1.82, 2.24) is 0 Å². The first-order valence-corrected chi connectivity index (χ1v) is 8.78. The van der Waals surface area contributed by atoms with Crippen molar-refractivity contribution in [2.45, 2.75) is 70.8 Å². The maximum atomic E-state index is 12.1. The van der Waals surface area contributed by atoms with Gasteiger partial charge in [-0.05, 0) is 56.8 Å². The van der Waals surface area contributed by atoms with E-state index in [0.29, 0.717) is 5.92 Å².